The van der Waals surface area contributed by atoms with Crippen LogP contribution in [0.15, 0.2) is 36.7 Å². The lowest BCUT2D eigenvalue weighted by Gasteiger charge is -2.23. The fraction of sp³-hybridized carbons (Fsp3) is 0.214. The first-order valence-corrected chi connectivity index (χ1v) is 6.31. The molecule has 20 heavy (non-hydrogen) atoms. The van der Waals surface area contributed by atoms with Gasteiger partial charge in [-0.25, -0.2) is 14.8 Å². The molecule has 2 aromatic rings. The first kappa shape index (κ1) is 12.4. The molecule has 1 aromatic carbocycles. The van der Waals surface area contributed by atoms with Crippen LogP contribution in [0.4, 0.5) is 11.5 Å². The second kappa shape index (κ2) is 5.16. The highest BCUT2D eigenvalue weighted by molar-refractivity contribution is 5.92. The zero-order valence-electron chi connectivity index (χ0n) is 10.7. The summed E-state index contributed by atoms with van der Waals surface area (Å²) in [4.78, 5) is 21.3. The number of carbonyl (C=O) groups is 1. The summed E-state index contributed by atoms with van der Waals surface area (Å²) >= 11 is 0. The normalized spacial score (nSPS) is 14.1. The highest BCUT2D eigenvalue weighted by Gasteiger charge is 2.23. The Hall–Kier alpha value is -2.63. The molecule has 6 heteroatoms. The van der Waals surface area contributed by atoms with E-state index < -0.39 is 5.97 Å². The van der Waals surface area contributed by atoms with E-state index in [1.54, 1.807) is 0 Å². The Labute approximate surface area is 115 Å². The molecule has 0 aliphatic carbocycles. The molecule has 0 saturated carbocycles. The van der Waals surface area contributed by atoms with Crippen LogP contribution in [0.5, 0.6) is 5.75 Å². The van der Waals surface area contributed by atoms with Gasteiger partial charge in [0.1, 0.15) is 5.75 Å². The topological polar surface area (TPSA) is 75.5 Å². The predicted octanol–water partition coefficient (Wildman–Crippen LogP) is 2.10. The second-order valence-electron chi connectivity index (χ2n) is 4.36. The number of ether oxygens (including phenoxy) is 1. The molecule has 2 heterocycles. The lowest BCUT2D eigenvalue weighted by molar-refractivity contribution is 0.0691. The summed E-state index contributed by atoms with van der Waals surface area (Å²) in [7, 11) is 0. The second-order valence-corrected chi connectivity index (χ2v) is 4.36. The minimum absolute atomic E-state index is 0.0517. The maximum Gasteiger partial charge on any atom is 0.358 e. The van der Waals surface area contributed by atoms with E-state index in [4.69, 9.17) is 4.74 Å². The van der Waals surface area contributed by atoms with E-state index in [0.717, 1.165) is 17.9 Å². The van der Waals surface area contributed by atoms with Crippen LogP contribution in [0.1, 0.15) is 16.9 Å². The van der Waals surface area contributed by atoms with Gasteiger partial charge in [0.2, 0.25) is 0 Å². The van der Waals surface area contributed by atoms with Gasteiger partial charge in [-0.2, -0.15) is 0 Å². The van der Waals surface area contributed by atoms with Gasteiger partial charge in [0, 0.05) is 18.9 Å². The zero-order valence-corrected chi connectivity index (χ0v) is 10.7. The quantitative estimate of drug-likeness (QED) is 0.901. The zero-order chi connectivity index (χ0) is 13.9. The lowest BCUT2D eigenvalue weighted by Crippen LogP contribution is -2.22. The van der Waals surface area contributed by atoms with Crippen molar-refractivity contribution in [2.24, 2.45) is 0 Å². The van der Waals surface area contributed by atoms with Crippen molar-refractivity contribution in [3.63, 3.8) is 0 Å². The first-order chi connectivity index (χ1) is 9.77. The Kier molecular flexibility index (Phi) is 3.20. The van der Waals surface area contributed by atoms with Gasteiger partial charge in [0.25, 0.3) is 0 Å². The van der Waals surface area contributed by atoms with Gasteiger partial charge >= 0.3 is 5.97 Å². The Morgan fingerprint density at radius 2 is 2.05 bits per heavy atom. The van der Waals surface area contributed by atoms with Crippen LogP contribution in [0.25, 0.3) is 0 Å². The highest BCUT2D eigenvalue weighted by atomic mass is 16.5. The van der Waals surface area contributed by atoms with Crippen LogP contribution in [0.2, 0.25) is 0 Å². The fourth-order valence-electron chi connectivity index (χ4n) is 2.23. The molecule has 3 rings (SSSR count). The largest absolute Gasteiger partial charge is 0.491 e. The van der Waals surface area contributed by atoms with Crippen LogP contribution < -0.4 is 9.64 Å². The lowest BCUT2D eigenvalue weighted by atomic mass is 10.2. The Morgan fingerprint density at radius 1 is 1.25 bits per heavy atom. The fourth-order valence-corrected chi connectivity index (χ4v) is 2.23. The smallest absolute Gasteiger partial charge is 0.358 e. The molecule has 0 bridgehead atoms. The van der Waals surface area contributed by atoms with Gasteiger partial charge in [-0.15, -0.1) is 0 Å². The minimum Gasteiger partial charge on any atom is -0.491 e. The van der Waals surface area contributed by atoms with Crippen LogP contribution in [-0.2, 0) is 0 Å². The summed E-state index contributed by atoms with van der Waals surface area (Å²) in [6.45, 7) is 1.23. The number of benzene rings is 1. The molecule has 6 nitrogen and oxygen atoms in total. The third kappa shape index (κ3) is 2.16. The maximum absolute atomic E-state index is 11.3. The third-order valence-electron chi connectivity index (χ3n) is 3.08. The number of fused-ring (bicyclic) bond motifs is 1. The molecule has 1 aliphatic rings. The SMILES string of the molecule is O=C(O)c1nccnc1N1CCCOc2ccccc21. The molecule has 1 aromatic heterocycles. The van der Waals surface area contributed by atoms with E-state index in [1.165, 1.54) is 12.4 Å². The van der Waals surface area contributed by atoms with E-state index >= 15 is 0 Å². The number of hydrogen-bond acceptors (Lipinski definition) is 5. The number of anilines is 2. The van der Waals surface area contributed by atoms with Crippen LogP contribution in [0.3, 0.4) is 0 Å². The van der Waals surface area contributed by atoms with Gasteiger partial charge in [-0.3, -0.25) is 0 Å². The van der Waals surface area contributed by atoms with E-state index in [-0.39, 0.29) is 5.69 Å². The number of hydrogen-bond donors (Lipinski definition) is 1. The van der Waals surface area contributed by atoms with Crippen molar-refractivity contribution in [3.05, 3.63) is 42.4 Å². The first-order valence-electron chi connectivity index (χ1n) is 6.31. The minimum atomic E-state index is -1.09. The van der Waals surface area contributed by atoms with Gasteiger partial charge in [0.05, 0.1) is 12.3 Å². The summed E-state index contributed by atoms with van der Waals surface area (Å²) < 4.78 is 5.66. The molecule has 0 amide bonds. The summed E-state index contributed by atoms with van der Waals surface area (Å²) in [5, 5.41) is 9.25. The number of aromatic nitrogens is 2. The van der Waals surface area contributed by atoms with E-state index in [9.17, 15) is 9.90 Å². The molecule has 1 N–H and O–H groups in total. The summed E-state index contributed by atoms with van der Waals surface area (Å²) in [5.74, 6) is -0.0133. The number of aromatic carboxylic acids is 1. The van der Waals surface area contributed by atoms with Crippen LogP contribution in [0, 0.1) is 0 Å². The average Bonchev–Trinajstić information content (AvgIpc) is 2.69. The molecule has 0 unspecified atom stereocenters. The van der Waals surface area contributed by atoms with Gasteiger partial charge in [0.15, 0.2) is 11.5 Å². The Balaban J connectivity index is 2.13. The van der Waals surface area contributed by atoms with Crippen molar-refractivity contribution < 1.29 is 14.6 Å². The molecular formula is C14H13N3O3. The van der Waals surface area contributed by atoms with E-state index in [2.05, 4.69) is 9.97 Å². The summed E-state index contributed by atoms with van der Waals surface area (Å²) in [5.41, 5.74) is 0.761. The number of para-hydroxylation sites is 2. The molecule has 0 fully saturated rings. The predicted molar refractivity (Wildman–Crippen MR) is 72.6 cm³/mol. The third-order valence-corrected chi connectivity index (χ3v) is 3.08. The van der Waals surface area contributed by atoms with E-state index in [1.807, 2.05) is 29.2 Å². The Bertz CT molecular complexity index is 645. The average molecular weight is 271 g/mol. The number of carboxylic acids is 1. The van der Waals surface area contributed by atoms with E-state index in [0.29, 0.717) is 19.0 Å². The molecular weight excluding hydrogens is 258 g/mol. The molecule has 0 spiro atoms. The van der Waals surface area contributed by atoms with Crippen molar-refractivity contribution in [1.29, 1.82) is 0 Å². The maximum atomic E-state index is 11.3. The number of nitrogens with zero attached hydrogens (tertiary/aromatic N) is 3. The van der Waals surface area contributed by atoms with Crippen LogP contribution >= 0.6 is 0 Å². The van der Waals surface area contributed by atoms with Crippen molar-refractivity contribution in [2.45, 2.75) is 6.42 Å². The molecule has 0 atom stereocenters. The number of rotatable bonds is 2. The highest BCUT2D eigenvalue weighted by Crippen LogP contribution is 2.35. The molecule has 0 radical (unpaired) electrons. The number of carboxylic acid groups (broad SMARTS) is 1. The van der Waals surface area contributed by atoms with Crippen molar-refractivity contribution in [2.75, 3.05) is 18.1 Å². The van der Waals surface area contributed by atoms with Crippen molar-refractivity contribution >= 4 is 17.5 Å². The summed E-state index contributed by atoms with van der Waals surface area (Å²) in [6, 6.07) is 7.53. The van der Waals surface area contributed by atoms with Gasteiger partial charge < -0.3 is 14.7 Å². The van der Waals surface area contributed by atoms with Gasteiger partial charge in [-0.05, 0) is 18.6 Å². The Morgan fingerprint density at radius 3 is 2.90 bits per heavy atom. The van der Waals surface area contributed by atoms with Crippen molar-refractivity contribution in [3.8, 4) is 5.75 Å². The molecule has 0 saturated heterocycles. The monoisotopic (exact) mass is 271 g/mol. The molecule has 102 valence electrons. The van der Waals surface area contributed by atoms with Crippen LogP contribution in [-0.4, -0.2) is 34.2 Å². The standard InChI is InChI=1S/C14H13N3O3/c18-14(19)12-13(16-7-6-15-12)17-8-3-9-20-11-5-2-1-4-10(11)17/h1-2,4-7H,3,8-9H2,(H,18,19). The van der Waals surface area contributed by atoms with Crippen molar-refractivity contribution in [1.82, 2.24) is 9.97 Å². The molecule has 1 aliphatic heterocycles. The van der Waals surface area contributed by atoms with Gasteiger partial charge in [-0.1, -0.05) is 12.1 Å². The summed E-state index contributed by atoms with van der Waals surface area (Å²) in [6.07, 6.45) is 3.66.